The van der Waals surface area contributed by atoms with E-state index in [1.807, 2.05) is 0 Å². The third-order valence-electron chi connectivity index (χ3n) is 11.4. The van der Waals surface area contributed by atoms with E-state index in [1.54, 1.807) is 14.2 Å². The summed E-state index contributed by atoms with van der Waals surface area (Å²) in [6, 6.07) is 15.3. The molecule has 3 aliphatic rings. The highest BCUT2D eigenvalue weighted by atomic mass is 28.4. The quantitative estimate of drug-likeness (QED) is 0.245. The number of carbonyl (C=O) groups is 1. The fourth-order valence-corrected chi connectivity index (χ4v) is 8.73. The number of amides is 1. The molecule has 1 saturated heterocycles. The Morgan fingerprint density at radius 3 is 2.20 bits per heavy atom. The summed E-state index contributed by atoms with van der Waals surface area (Å²) in [5.41, 5.74) is 4.86. The molecular weight excluding hydrogens is 577 g/mol. The van der Waals surface area contributed by atoms with Gasteiger partial charge >= 0.3 is 0 Å². The van der Waals surface area contributed by atoms with Gasteiger partial charge in [-0.2, -0.15) is 0 Å². The number of nitrogens with zero attached hydrogens (tertiary/aromatic N) is 2. The summed E-state index contributed by atoms with van der Waals surface area (Å²) in [5.74, 6) is 2.42. The number of rotatable bonds is 10. The number of carbonyl (C=O) groups excluding carboxylic acids is 1. The largest absolute Gasteiger partial charge is 0.496 e. The second kappa shape index (κ2) is 14.2. The molecule has 7 heteroatoms. The number of aryl methyl sites for hydroxylation is 1. The molecule has 6 nitrogen and oxygen atoms in total. The summed E-state index contributed by atoms with van der Waals surface area (Å²) < 4.78 is 17.8. The highest BCUT2D eigenvalue weighted by Crippen LogP contribution is 2.41. The molecule has 0 bridgehead atoms. The number of hydrogen-bond donors (Lipinski definition) is 0. The molecule has 0 aromatic heterocycles. The Labute approximate surface area is 273 Å². The second-order valence-corrected chi connectivity index (χ2v) is 20.3. The van der Waals surface area contributed by atoms with Gasteiger partial charge in [-0.05, 0) is 124 Å². The van der Waals surface area contributed by atoms with E-state index in [0.29, 0.717) is 23.8 Å². The van der Waals surface area contributed by atoms with Crippen molar-refractivity contribution < 1.29 is 18.7 Å². The number of ether oxygens (including phenoxy) is 2. The van der Waals surface area contributed by atoms with Crippen LogP contribution in [0.25, 0.3) is 0 Å². The van der Waals surface area contributed by atoms with Crippen LogP contribution in [-0.2, 0) is 14.0 Å². The molecule has 1 amide bonds. The fraction of sp³-hybridized carbons (Fsp3) is 0.658. The van der Waals surface area contributed by atoms with Crippen molar-refractivity contribution in [3.8, 4) is 5.75 Å². The van der Waals surface area contributed by atoms with Crippen molar-refractivity contribution in [2.45, 2.75) is 115 Å². The minimum absolute atomic E-state index is 0.0633. The van der Waals surface area contributed by atoms with Gasteiger partial charge < -0.3 is 23.7 Å². The molecule has 0 unspecified atom stereocenters. The van der Waals surface area contributed by atoms with Crippen molar-refractivity contribution in [2.75, 3.05) is 43.7 Å². The molecule has 0 spiro atoms. The van der Waals surface area contributed by atoms with Gasteiger partial charge in [-0.25, -0.2) is 0 Å². The third-order valence-corrected chi connectivity index (χ3v) is 16.0. The lowest BCUT2D eigenvalue weighted by atomic mass is 9.78. The molecule has 1 aliphatic heterocycles. The molecular formula is C38H58N2O4Si. The summed E-state index contributed by atoms with van der Waals surface area (Å²) in [4.78, 5) is 18.9. The van der Waals surface area contributed by atoms with E-state index in [2.05, 4.69) is 93.1 Å². The average Bonchev–Trinajstić information content (AvgIpc) is 2.99. The Morgan fingerprint density at radius 2 is 1.60 bits per heavy atom. The molecule has 1 heterocycles. The van der Waals surface area contributed by atoms with Gasteiger partial charge in [-0.3, -0.25) is 4.79 Å². The van der Waals surface area contributed by atoms with Crippen LogP contribution in [0.3, 0.4) is 0 Å². The molecule has 0 atom stereocenters. The smallest absolute Gasteiger partial charge is 0.230 e. The minimum Gasteiger partial charge on any atom is -0.496 e. The van der Waals surface area contributed by atoms with Crippen LogP contribution in [0.15, 0.2) is 42.5 Å². The van der Waals surface area contributed by atoms with Crippen LogP contribution in [0.1, 0.15) is 89.2 Å². The zero-order valence-electron chi connectivity index (χ0n) is 29.2. The second-order valence-electron chi connectivity index (χ2n) is 15.5. The third kappa shape index (κ3) is 7.97. The lowest BCUT2D eigenvalue weighted by Gasteiger charge is -2.42. The van der Waals surface area contributed by atoms with E-state index in [9.17, 15) is 4.79 Å². The number of anilines is 2. The SMILES string of the molecule is COc1ccc([C@H]2CC[C@H](CN(c3cccc(N4CC(OC)C4)c3)C(=O)[C@H]3CC[C@H](O[Si](C)(C)C(C)(C)C)CC3)CC2)cc1C. The summed E-state index contributed by atoms with van der Waals surface area (Å²) in [7, 11) is 1.71. The molecule has 3 fully saturated rings. The standard InChI is InChI=1S/C38H58N2O4Si/c1-27-22-31(18-21-36(27)43-6)29-14-12-28(13-15-29)24-40(33-11-9-10-32(23-33)39-25-35(26-39)42-5)37(41)30-16-19-34(20-17-30)44-45(7,8)38(2,3)4/h9-11,18,21-23,28-30,34-35H,12-17,19-20,24-26H2,1-8H3/t28-,29-,30-,34-. The van der Waals surface area contributed by atoms with Crippen molar-refractivity contribution in [2.24, 2.45) is 11.8 Å². The normalized spacial score (nSPS) is 24.7. The Hall–Kier alpha value is -2.35. The van der Waals surface area contributed by atoms with Crippen LogP contribution in [0.2, 0.25) is 18.1 Å². The molecule has 5 rings (SSSR count). The van der Waals surface area contributed by atoms with Gasteiger partial charge in [0.25, 0.3) is 0 Å². The van der Waals surface area contributed by atoms with Gasteiger partial charge in [-0.1, -0.05) is 39.0 Å². The molecule has 2 aromatic carbocycles. The van der Waals surface area contributed by atoms with Gasteiger partial charge in [0.2, 0.25) is 5.91 Å². The molecule has 2 aromatic rings. The van der Waals surface area contributed by atoms with E-state index >= 15 is 0 Å². The predicted octanol–water partition coefficient (Wildman–Crippen LogP) is 8.73. The van der Waals surface area contributed by atoms with Gasteiger partial charge in [0.05, 0.1) is 13.2 Å². The van der Waals surface area contributed by atoms with Crippen molar-refractivity contribution in [3.05, 3.63) is 53.6 Å². The zero-order valence-corrected chi connectivity index (χ0v) is 30.2. The fourth-order valence-electron chi connectivity index (χ4n) is 7.31. The van der Waals surface area contributed by atoms with Crippen molar-refractivity contribution in [1.82, 2.24) is 0 Å². The van der Waals surface area contributed by atoms with Crippen molar-refractivity contribution in [3.63, 3.8) is 0 Å². The maximum atomic E-state index is 14.4. The molecule has 0 radical (unpaired) electrons. The summed E-state index contributed by atoms with van der Waals surface area (Å²) in [6.07, 6.45) is 9.00. The Balaban J connectivity index is 1.27. The number of hydrogen-bond acceptors (Lipinski definition) is 5. The topological polar surface area (TPSA) is 51.2 Å². The summed E-state index contributed by atoms with van der Waals surface area (Å²) in [6.45, 7) is 16.4. The van der Waals surface area contributed by atoms with Crippen LogP contribution in [0.4, 0.5) is 11.4 Å². The maximum Gasteiger partial charge on any atom is 0.230 e. The van der Waals surface area contributed by atoms with E-state index < -0.39 is 8.32 Å². The van der Waals surface area contributed by atoms with Gasteiger partial charge in [0.1, 0.15) is 5.75 Å². The maximum absolute atomic E-state index is 14.4. The summed E-state index contributed by atoms with van der Waals surface area (Å²) in [5, 5.41) is 0.201. The van der Waals surface area contributed by atoms with Crippen LogP contribution >= 0.6 is 0 Å². The Morgan fingerprint density at radius 1 is 0.911 bits per heavy atom. The lowest BCUT2D eigenvalue weighted by Crippen LogP contribution is -2.52. The van der Waals surface area contributed by atoms with E-state index in [4.69, 9.17) is 13.9 Å². The van der Waals surface area contributed by atoms with Gasteiger partial charge in [-0.15, -0.1) is 0 Å². The first-order valence-corrected chi connectivity index (χ1v) is 20.3. The van der Waals surface area contributed by atoms with Crippen LogP contribution in [0.5, 0.6) is 5.75 Å². The molecule has 2 saturated carbocycles. The van der Waals surface area contributed by atoms with E-state index in [1.165, 1.54) is 29.7 Å². The average molecular weight is 635 g/mol. The Bertz CT molecular complexity index is 1280. The minimum atomic E-state index is -1.82. The van der Waals surface area contributed by atoms with E-state index in [0.717, 1.165) is 69.6 Å². The first kappa shape index (κ1) is 34.0. The van der Waals surface area contributed by atoms with Gasteiger partial charge in [0.15, 0.2) is 8.32 Å². The molecule has 2 aliphatic carbocycles. The number of benzene rings is 2. The molecule has 0 N–H and O–H groups in total. The zero-order chi connectivity index (χ0) is 32.4. The van der Waals surface area contributed by atoms with E-state index in [-0.39, 0.29) is 17.1 Å². The monoisotopic (exact) mass is 634 g/mol. The molecule has 248 valence electrons. The highest BCUT2D eigenvalue weighted by Gasteiger charge is 2.41. The first-order chi connectivity index (χ1) is 21.4. The van der Waals surface area contributed by atoms with Crippen LogP contribution in [0, 0.1) is 18.8 Å². The lowest BCUT2D eigenvalue weighted by molar-refractivity contribution is -0.124. The van der Waals surface area contributed by atoms with Gasteiger partial charge in [0, 0.05) is 50.1 Å². The first-order valence-electron chi connectivity index (χ1n) is 17.4. The highest BCUT2D eigenvalue weighted by molar-refractivity contribution is 6.74. The van der Waals surface area contributed by atoms with Crippen LogP contribution in [-0.4, -0.2) is 60.3 Å². The number of methoxy groups -OCH3 is 2. The van der Waals surface area contributed by atoms with Crippen LogP contribution < -0.4 is 14.5 Å². The van der Waals surface area contributed by atoms with Crippen molar-refractivity contribution in [1.29, 1.82) is 0 Å². The predicted molar refractivity (Wildman–Crippen MR) is 188 cm³/mol. The Kier molecular flexibility index (Phi) is 10.7. The van der Waals surface area contributed by atoms with Crippen molar-refractivity contribution >= 4 is 25.6 Å². The summed E-state index contributed by atoms with van der Waals surface area (Å²) >= 11 is 0. The molecule has 45 heavy (non-hydrogen) atoms.